The summed E-state index contributed by atoms with van der Waals surface area (Å²) in [6, 6.07) is 10.9. The van der Waals surface area contributed by atoms with E-state index >= 15 is 0 Å². The minimum atomic E-state index is 0.427. The fourth-order valence-electron chi connectivity index (χ4n) is 3.83. The van der Waals surface area contributed by atoms with Gasteiger partial charge in [0, 0.05) is 45.8 Å². The minimum Gasteiger partial charge on any atom is -0.316 e. The van der Waals surface area contributed by atoms with Crippen molar-refractivity contribution in [3.8, 4) is 0 Å². The molecule has 1 aliphatic heterocycles. The molecule has 0 atom stereocenters. The quantitative estimate of drug-likeness (QED) is 0.695. The monoisotopic (exact) mass is 345 g/mol. The number of rotatable bonds is 10. The van der Waals surface area contributed by atoms with Crippen LogP contribution in [0.2, 0.25) is 0 Å². The fraction of sp³-hybridized carbons (Fsp3) is 0.727. The van der Waals surface area contributed by atoms with Crippen molar-refractivity contribution in [1.29, 1.82) is 0 Å². The van der Waals surface area contributed by atoms with Crippen LogP contribution in [0.3, 0.4) is 0 Å². The van der Waals surface area contributed by atoms with Crippen molar-refractivity contribution in [2.75, 3.05) is 45.8 Å². The molecule has 0 bridgehead atoms. The summed E-state index contributed by atoms with van der Waals surface area (Å²) in [5, 5.41) is 3.72. The topological polar surface area (TPSA) is 18.5 Å². The predicted octanol–water partition coefficient (Wildman–Crippen LogP) is 3.86. The van der Waals surface area contributed by atoms with Gasteiger partial charge in [0.25, 0.3) is 0 Å². The van der Waals surface area contributed by atoms with Crippen LogP contribution in [0.1, 0.15) is 46.1 Å². The molecule has 142 valence electrons. The van der Waals surface area contributed by atoms with Crippen LogP contribution in [-0.4, -0.2) is 55.6 Å². The van der Waals surface area contributed by atoms with Crippen LogP contribution in [0.5, 0.6) is 0 Å². The Labute approximate surface area is 155 Å². The molecule has 0 saturated carbocycles. The molecule has 0 spiro atoms. The van der Waals surface area contributed by atoms with Crippen molar-refractivity contribution in [2.45, 2.75) is 47.1 Å². The van der Waals surface area contributed by atoms with Gasteiger partial charge in [0.1, 0.15) is 0 Å². The zero-order chi connectivity index (χ0) is 18.1. The van der Waals surface area contributed by atoms with Gasteiger partial charge in [0.2, 0.25) is 0 Å². The fourth-order valence-corrected chi connectivity index (χ4v) is 3.83. The Hall–Kier alpha value is -0.900. The van der Waals surface area contributed by atoms with Crippen LogP contribution in [-0.2, 0) is 6.54 Å². The summed E-state index contributed by atoms with van der Waals surface area (Å²) >= 11 is 0. The van der Waals surface area contributed by atoms with Gasteiger partial charge in [-0.3, -0.25) is 4.90 Å². The summed E-state index contributed by atoms with van der Waals surface area (Å²) in [6.45, 7) is 18.7. The van der Waals surface area contributed by atoms with E-state index < -0.39 is 0 Å². The van der Waals surface area contributed by atoms with Gasteiger partial charge < -0.3 is 10.2 Å². The number of benzene rings is 1. The average Bonchev–Trinajstić information content (AvgIpc) is 2.63. The molecule has 0 aromatic heterocycles. The lowest BCUT2D eigenvalue weighted by atomic mass is 9.81. The van der Waals surface area contributed by atoms with Gasteiger partial charge in [-0.1, -0.05) is 58.0 Å². The van der Waals surface area contributed by atoms with Crippen molar-refractivity contribution in [1.82, 2.24) is 15.1 Å². The highest BCUT2D eigenvalue weighted by Crippen LogP contribution is 2.27. The molecule has 1 heterocycles. The first-order valence-electron chi connectivity index (χ1n) is 10.3. The molecule has 0 radical (unpaired) electrons. The zero-order valence-corrected chi connectivity index (χ0v) is 16.9. The van der Waals surface area contributed by atoms with E-state index in [2.05, 4.69) is 73.1 Å². The smallest absolute Gasteiger partial charge is 0.0234 e. The molecule has 3 heteroatoms. The third-order valence-electron chi connectivity index (χ3n) is 5.83. The van der Waals surface area contributed by atoms with Crippen molar-refractivity contribution in [3.05, 3.63) is 35.9 Å². The van der Waals surface area contributed by atoms with E-state index in [1.54, 1.807) is 0 Å². The molecule has 0 unspecified atom stereocenters. The SMILES string of the molecule is CCC(CC)(CNCC(C)C)CN1CCN(Cc2ccccc2)CC1. The molecule has 1 aliphatic rings. The maximum absolute atomic E-state index is 3.72. The van der Waals surface area contributed by atoms with E-state index in [1.807, 2.05) is 0 Å². The largest absolute Gasteiger partial charge is 0.316 e. The molecule has 0 amide bonds. The average molecular weight is 346 g/mol. The zero-order valence-electron chi connectivity index (χ0n) is 16.9. The Bertz CT molecular complexity index is 459. The normalized spacial score (nSPS) is 17.3. The predicted molar refractivity (Wildman–Crippen MR) is 109 cm³/mol. The highest BCUT2D eigenvalue weighted by Gasteiger charge is 2.30. The summed E-state index contributed by atoms with van der Waals surface area (Å²) in [7, 11) is 0. The second-order valence-corrected chi connectivity index (χ2v) is 8.27. The molecule has 2 rings (SSSR count). The van der Waals surface area contributed by atoms with Crippen LogP contribution < -0.4 is 5.32 Å². The summed E-state index contributed by atoms with van der Waals surface area (Å²) in [5.41, 5.74) is 1.86. The number of piperazine rings is 1. The van der Waals surface area contributed by atoms with E-state index in [0.717, 1.165) is 25.6 Å². The van der Waals surface area contributed by atoms with Crippen molar-refractivity contribution in [3.63, 3.8) is 0 Å². The second-order valence-electron chi connectivity index (χ2n) is 8.27. The number of hydrogen-bond donors (Lipinski definition) is 1. The van der Waals surface area contributed by atoms with Gasteiger partial charge in [-0.25, -0.2) is 0 Å². The van der Waals surface area contributed by atoms with Crippen LogP contribution >= 0.6 is 0 Å². The molecule has 1 aromatic rings. The summed E-state index contributed by atoms with van der Waals surface area (Å²) in [4.78, 5) is 5.30. The van der Waals surface area contributed by atoms with Crippen molar-refractivity contribution < 1.29 is 0 Å². The molecule has 25 heavy (non-hydrogen) atoms. The summed E-state index contributed by atoms with van der Waals surface area (Å²) < 4.78 is 0. The van der Waals surface area contributed by atoms with E-state index in [1.165, 1.54) is 51.1 Å². The Morgan fingerprint density at radius 2 is 1.56 bits per heavy atom. The van der Waals surface area contributed by atoms with Crippen molar-refractivity contribution in [2.24, 2.45) is 11.3 Å². The Morgan fingerprint density at radius 1 is 0.960 bits per heavy atom. The van der Waals surface area contributed by atoms with E-state index in [0.29, 0.717) is 5.41 Å². The van der Waals surface area contributed by atoms with Crippen LogP contribution in [0, 0.1) is 11.3 Å². The number of hydrogen-bond acceptors (Lipinski definition) is 3. The maximum atomic E-state index is 3.72. The Morgan fingerprint density at radius 3 is 2.12 bits per heavy atom. The molecule has 1 fully saturated rings. The minimum absolute atomic E-state index is 0.427. The molecule has 1 N–H and O–H groups in total. The summed E-state index contributed by atoms with van der Waals surface area (Å²) in [5.74, 6) is 0.730. The maximum Gasteiger partial charge on any atom is 0.0234 e. The Balaban J connectivity index is 1.79. The van der Waals surface area contributed by atoms with Gasteiger partial charge in [-0.15, -0.1) is 0 Å². The molecule has 1 saturated heterocycles. The van der Waals surface area contributed by atoms with Gasteiger partial charge in [0.15, 0.2) is 0 Å². The molecule has 3 nitrogen and oxygen atoms in total. The lowest BCUT2D eigenvalue weighted by molar-refractivity contribution is 0.0750. The first kappa shape index (κ1) is 20.4. The van der Waals surface area contributed by atoms with Gasteiger partial charge in [-0.05, 0) is 36.3 Å². The second kappa shape index (κ2) is 10.3. The van der Waals surface area contributed by atoms with E-state index in [9.17, 15) is 0 Å². The standard InChI is InChI=1S/C22H39N3/c1-5-22(6-2,18-23-16-20(3)4)19-25-14-12-24(13-15-25)17-21-10-8-7-9-11-21/h7-11,20,23H,5-6,12-19H2,1-4H3. The highest BCUT2D eigenvalue weighted by atomic mass is 15.3. The molecule has 1 aromatic carbocycles. The first-order chi connectivity index (χ1) is 12.1. The third-order valence-corrected chi connectivity index (χ3v) is 5.83. The van der Waals surface area contributed by atoms with Crippen molar-refractivity contribution >= 4 is 0 Å². The lowest BCUT2D eigenvalue weighted by Gasteiger charge is -2.41. The molecular formula is C22H39N3. The molecular weight excluding hydrogens is 306 g/mol. The molecule has 0 aliphatic carbocycles. The van der Waals surface area contributed by atoms with E-state index in [4.69, 9.17) is 0 Å². The summed E-state index contributed by atoms with van der Waals surface area (Å²) in [6.07, 6.45) is 2.53. The van der Waals surface area contributed by atoms with Gasteiger partial charge >= 0.3 is 0 Å². The first-order valence-corrected chi connectivity index (χ1v) is 10.3. The number of nitrogens with zero attached hydrogens (tertiary/aromatic N) is 2. The van der Waals surface area contributed by atoms with Crippen LogP contribution in [0.4, 0.5) is 0 Å². The van der Waals surface area contributed by atoms with Gasteiger partial charge in [0.05, 0.1) is 0 Å². The van der Waals surface area contributed by atoms with Crippen LogP contribution in [0.15, 0.2) is 30.3 Å². The Kier molecular flexibility index (Phi) is 8.41. The van der Waals surface area contributed by atoms with E-state index in [-0.39, 0.29) is 0 Å². The van der Waals surface area contributed by atoms with Crippen LogP contribution in [0.25, 0.3) is 0 Å². The number of nitrogens with one attached hydrogen (secondary N) is 1. The lowest BCUT2D eigenvalue weighted by Crippen LogP contribution is -2.51. The third kappa shape index (κ3) is 6.73. The van der Waals surface area contributed by atoms with Gasteiger partial charge in [-0.2, -0.15) is 0 Å². The highest BCUT2D eigenvalue weighted by molar-refractivity contribution is 5.14.